The zero-order valence-electron chi connectivity index (χ0n) is 8.64. The van der Waals surface area contributed by atoms with E-state index in [0.29, 0.717) is 12.2 Å². The third-order valence-corrected chi connectivity index (χ3v) is 1.80. The monoisotopic (exact) mass is 206 g/mol. The Bertz CT molecular complexity index is 341. The van der Waals surface area contributed by atoms with Crippen molar-refractivity contribution >= 4 is 5.97 Å². The molecule has 15 heavy (non-hydrogen) atoms. The van der Waals surface area contributed by atoms with Crippen molar-refractivity contribution in [1.82, 2.24) is 0 Å². The second-order valence-corrected chi connectivity index (χ2v) is 3.08. The second kappa shape index (κ2) is 5.86. The summed E-state index contributed by atoms with van der Waals surface area (Å²) in [5, 5.41) is 8.87. The van der Waals surface area contributed by atoms with E-state index in [2.05, 4.69) is 0 Å². The van der Waals surface area contributed by atoms with Crippen LogP contribution in [-0.2, 0) is 4.79 Å². The van der Waals surface area contributed by atoms with Gasteiger partial charge in [-0.1, -0.05) is 31.5 Å². The molecule has 0 fully saturated rings. The van der Waals surface area contributed by atoms with Crippen LogP contribution in [0.15, 0.2) is 42.2 Å². The average molecular weight is 206 g/mol. The van der Waals surface area contributed by atoms with E-state index in [0.717, 1.165) is 6.42 Å². The van der Waals surface area contributed by atoms with Gasteiger partial charge in [0.15, 0.2) is 0 Å². The minimum atomic E-state index is -1.03. The van der Waals surface area contributed by atoms with Crippen molar-refractivity contribution in [2.75, 3.05) is 0 Å². The third kappa shape index (κ3) is 3.85. The molecule has 0 saturated heterocycles. The standard InChI is InChI=1S/C12H14O3/c1-2-3-9-11(12(13)14)15-10-7-5-4-6-8-10/h4-9H,2-3H2,1H3,(H,13,14)/b11-9-. The molecule has 0 radical (unpaired) electrons. The van der Waals surface area contributed by atoms with Crippen LogP contribution in [0.2, 0.25) is 0 Å². The Kier molecular flexibility index (Phi) is 4.41. The molecule has 0 bridgehead atoms. The average Bonchev–Trinajstić information content (AvgIpc) is 2.25. The number of carbonyl (C=O) groups is 1. The first-order valence-corrected chi connectivity index (χ1v) is 4.90. The van der Waals surface area contributed by atoms with Crippen molar-refractivity contribution in [3.05, 3.63) is 42.2 Å². The zero-order valence-corrected chi connectivity index (χ0v) is 8.64. The van der Waals surface area contributed by atoms with Crippen LogP contribution in [0.5, 0.6) is 5.75 Å². The number of hydrogen-bond acceptors (Lipinski definition) is 2. The van der Waals surface area contributed by atoms with Crippen LogP contribution in [-0.4, -0.2) is 11.1 Å². The van der Waals surface area contributed by atoms with Crippen molar-refractivity contribution < 1.29 is 14.6 Å². The molecule has 0 unspecified atom stereocenters. The van der Waals surface area contributed by atoms with Gasteiger partial charge in [0.25, 0.3) is 0 Å². The van der Waals surface area contributed by atoms with E-state index in [4.69, 9.17) is 9.84 Å². The highest BCUT2D eigenvalue weighted by Crippen LogP contribution is 2.13. The number of aliphatic carboxylic acids is 1. The van der Waals surface area contributed by atoms with Crippen molar-refractivity contribution in [3.63, 3.8) is 0 Å². The van der Waals surface area contributed by atoms with Gasteiger partial charge >= 0.3 is 5.97 Å². The van der Waals surface area contributed by atoms with E-state index < -0.39 is 5.97 Å². The van der Waals surface area contributed by atoms with Gasteiger partial charge in [0.05, 0.1) is 0 Å². The number of unbranched alkanes of at least 4 members (excludes halogenated alkanes) is 1. The minimum absolute atomic E-state index is 0.0111. The van der Waals surface area contributed by atoms with E-state index in [1.807, 2.05) is 13.0 Å². The normalized spacial score (nSPS) is 11.1. The predicted octanol–water partition coefficient (Wildman–Crippen LogP) is 2.83. The van der Waals surface area contributed by atoms with Crippen molar-refractivity contribution in [3.8, 4) is 5.75 Å². The number of benzene rings is 1. The molecule has 80 valence electrons. The minimum Gasteiger partial charge on any atom is -0.475 e. The van der Waals surface area contributed by atoms with E-state index >= 15 is 0 Å². The lowest BCUT2D eigenvalue weighted by Crippen LogP contribution is -2.07. The van der Waals surface area contributed by atoms with Gasteiger partial charge in [-0.15, -0.1) is 0 Å². The van der Waals surface area contributed by atoms with Gasteiger partial charge in [0.1, 0.15) is 5.75 Å². The van der Waals surface area contributed by atoms with Gasteiger partial charge in [0, 0.05) is 0 Å². The lowest BCUT2D eigenvalue weighted by Gasteiger charge is -2.05. The fraction of sp³-hybridized carbons (Fsp3) is 0.250. The summed E-state index contributed by atoms with van der Waals surface area (Å²) in [5.41, 5.74) is 0. The Morgan fingerprint density at radius 3 is 2.60 bits per heavy atom. The van der Waals surface area contributed by atoms with Crippen molar-refractivity contribution in [2.45, 2.75) is 19.8 Å². The maximum Gasteiger partial charge on any atom is 0.371 e. The number of carboxylic acids is 1. The quantitative estimate of drug-likeness (QED) is 0.595. The molecule has 0 amide bonds. The number of hydrogen-bond donors (Lipinski definition) is 1. The van der Waals surface area contributed by atoms with E-state index in [1.54, 1.807) is 30.3 Å². The van der Waals surface area contributed by atoms with E-state index in [1.165, 1.54) is 0 Å². The summed E-state index contributed by atoms with van der Waals surface area (Å²) in [4.78, 5) is 10.8. The number of carboxylic acid groups (broad SMARTS) is 1. The number of para-hydroxylation sites is 1. The Morgan fingerprint density at radius 1 is 1.40 bits per heavy atom. The van der Waals surface area contributed by atoms with Gasteiger partial charge < -0.3 is 9.84 Å². The zero-order chi connectivity index (χ0) is 11.1. The SMILES string of the molecule is CCC/C=C(\Oc1ccccc1)C(=O)O. The molecule has 0 aliphatic rings. The number of allylic oxidation sites excluding steroid dienone is 1. The first kappa shape index (κ1) is 11.3. The molecule has 0 aliphatic heterocycles. The molecular formula is C12H14O3. The Labute approximate surface area is 89.0 Å². The largest absolute Gasteiger partial charge is 0.475 e. The molecular weight excluding hydrogens is 192 g/mol. The molecule has 0 aromatic heterocycles. The molecule has 0 saturated carbocycles. The summed E-state index contributed by atoms with van der Waals surface area (Å²) in [6, 6.07) is 8.90. The highest BCUT2D eigenvalue weighted by atomic mass is 16.5. The van der Waals surface area contributed by atoms with Crippen LogP contribution in [0.3, 0.4) is 0 Å². The molecule has 0 heterocycles. The molecule has 3 nitrogen and oxygen atoms in total. The van der Waals surface area contributed by atoms with E-state index in [-0.39, 0.29) is 5.76 Å². The predicted molar refractivity (Wildman–Crippen MR) is 57.7 cm³/mol. The van der Waals surface area contributed by atoms with Crippen LogP contribution >= 0.6 is 0 Å². The summed E-state index contributed by atoms with van der Waals surface area (Å²) in [6.07, 6.45) is 3.19. The molecule has 1 rings (SSSR count). The van der Waals surface area contributed by atoms with Gasteiger partial charge in [-0.25, -0.2) is 4.79 Å². The summed E-state index contributed by atoms with van der Waals surface area (Å²) in [6.45, 7) is 1.98. The molecule has 1 aromatic rings. The summed E-state index contributed by atoms with van der Waals surface area (Å²) >= 11 is 0. The molecule has 0 atom stereocenters. The van der Waals surface area contributed by atoms with Crippen LogP contribution in [0, 0.1) is 0 Å². The summed E-state index contributed by atoms with van der Waals surface area (Å²) < 4.78 is 5.24. The molecule has 1 N–H and O–H groups in total. The third-order valence-electron chi connectivity index (χ3n) is 1.80. The van der Waals surface area contributed by atoms with Crippen molar-refractivity contribution in [1.29, 1.82) is 0 Å². The second-order valence-electron chi connectivity index (χ2n) is 3.08. The summed E-state index contributed by atoms with van der Waals surface area (Å²) in [5.74, 6) is -0.502. The smallest absolute Gasteiger partial charge is 0.371 e. The highest BCUT2D eigenvalue weighted by Gasteiger charge is 2.08. The van der Waals surface area contributed by atoms with Gasteiger partial charge in [-0.05, 0) is 24.6 Å². The lowest BCUT2D eigenvalue weighted by atomic mass is 10.3. The van der Waals surface area contributed by atoms with Gasteiger partial charge in [0.2, 0.25) is 5.76 Å². The topological polar surface area (TPSA) is 46.5 Å². The maximum absolute atomic E-state index is 10.8. The maximum atomic E-state index is 10.8. The Morgan fingerprint density at radius 2 is 2.07 bits per heavy atom. The number of rotatable bonds is 5. The molecule has 3 heteroatoms. The lowest BCUT2D eigenvalue weighted by molar-refractivity contribution is -0.135. The fourth-order valence-electron chi connectivity index (χ4n) is 1.06. The molecule has 0 spiro atoms. The number of ether oxygens (including phenoxy) is 1. The Balaban J connectivity index is 2.72. The molecule has 0 aliphatic carbocycles. The highest BCUT2D eigenvalue weighted by molar-refractivity contribution is 5.84. The van der Waals surface area contributed by atoms with Crippen LogP contribution in [0.1, 0.15) is 19.8 Å². The van der Waals surface area contributed by atoms with Gasteiger partial charge in [-0.3, -0.25) is 0 Å². The fourth-order valence-corrected chi connectivity index (χ4v) is 1.06. The first-order chi connectivity index (χ1) is 7.24. The van der Waals surface area contributed by atoms with Gasteiger partial charge in [-0.2, -0.15) is 0 Å². The molecule has 1 aromatic carbocycles. The Hall–Kier alpha value is -1.77. The van der Waals surface area contributed by atoms with E-state index in [9.17, 15) is 4.79 Å². The first-order valence-electron chi connectivity index (χ1n) is 4.90. The van der Waals surface area contributed by atoms with Crippen molar-refractivity contribution in [2.24, 2.45) is 0 Å². The van der Waals surface area contributed by atoms with Crippen LogP contribution in [0.25, 0.3) is 0 Å². The summed E-state index contributed by atoms with van der Waals surface area (Å²) in [7, 11) is 0. The van der Waals surface area contributed by atoms with Crippen LogP contribution in [0.4, 0.5) is 0 Å². The van der Waals surface area contributed by atoms with Crippen LogP contribution < -0.4 is 4.74 Å².